The van der Waals surface area contributed by atoms with Crippen LogP contribution >= 0.6 is 12.2 Å². The molecule has 0 heterocycles. The molecule has 0 fully saturated rings. The maximum absolute atomic E-state index is 5.50. The maximum Gasteiger partial charge on any atom is 0.173 e. The molecule has 2 nitrogen and oxygen atoms in total. The van der Waals surface area contributed by atoms with Crippen LogP contribution in [0.4, 0.5) is 5.69 Å². The molecule has 0 aliphatic heterocycles. The van der Waals surface area contributed by atoms with E-state index in [0.29, 0.717) is 0 Å². The summed E-state index contributed by atoms with van der Waals surface area (Å²) < 4.78 is 0. The second-order valence-corrected chi connectivity index (χ2v) is 5.62. The lowest BCUT2D eigenvalue weighted by molar-refractivity contribution is 0.908. The van der Waals surface area contributed by atoms with Crippen molar-refractivity contribution in [3.05, 3.63) is 78.4 Å². The summed E-state index contributed by atoms with van der Waals surface area (Å²) in [6.45, 7) is 0.734. The van der Waals surface area contributed by atoms with E-state index in [2.05, 4.69) is 59.9 Å². The van der Waals surface area contributed by atoms with Gasteiger partial charge in [0.25, 0.3) is 0 Å². The van der Waals surface area contributed by atoms with Crippen molar-refractivity contribution in [3.8, 4) is 0 Å². The Hall–Kier alpha value is -2.39. The van der Waals surface area contributed by atoms with Crippen molar-refractivity contribution in [1.82, 2.24) is 5.32 Å². The van der Waals surface area contributed by atoms with E-state index in [9.17, 15) is 0 Å². The highest BCUT2D eigenvalue weighted by Gasteiger charge is 2.07. The predicted molar refractivity (Wildman–Crippen MR) is 98.2 cm³/mol. The summed E-state index contributed by atoms with van der Waals surface area (Å²) in [5.41, 5.74) is 2.31. The number of fused-ring (bicyclic) bond motifs is 1. The molecule has 0 spiro atoms. The number of anilines is 1. The fourth-order valence-corrected chi connectivity index (χ4v) is 2.57. The minimum absolute atomic E-state index is 0.721. The zero-order valence-corrected chi connectivity index (χ0v) is 13.3. The van der Waals surface area contributed by atoms with Crippen molar-refractivity contribution in [2.24, 2.45) is 0 Å². The number of nitrogens with one attached hydrogen (secondary N) is 1. The van der Waals surface area contributed by atoms with Gasteiger partial charge in [0.2, 0.25) is 0 Å². The summed E-state index contributed by atoms with van der Waals surface area (Å²) in [4.78, 5) is 2.00. The van der Waals surface area contributed by atoms with Crippen LogP contribution in [0.2, 0.25) is 0 Å². The summed E-state index contributed by atoms with van der Waals surface area (Å²) in [7, 11) is 1.99. The van der Waals surface area contributed by atoms with Gasteiger partial charge in [-0.3, -0.25) is 0 Å². The van der Waals surface area contributed by atoms with E-state index >= 15 is 0 Å². The summed E-state index contributed by atoms with van der Waals surface area (Å²) in [5.74, 6) is 0. The van der Waals surface area contributed by atoms with Crippen LogP contribution in [0.15, 0.2) is 72.8 Å². The molecule has 0 unspecified atom stereocenters. The van der Waals surface area contributed by atoms with Crippen LogP contribution in [-0.2, 0) is 6.54 Å². The van der Waals surface area contributed by atoms with Gasteiger partial charge in [0, 0.05) is 19.3 Å². The molecule has 1 N–H and O–H groups in total. The lowest BCUT2D eigenvalue weighted by Crippen LogP contribution is -2.36. The first-order chi connectivity index (χ1) is 10.7. The maximum atomic E-state index is 5.50. The van der Waals surface area contributed by atoms with Gasteiger partial charge in [0.1, 0.15) is 0 Å². The molecule has 0 aliphatic rings. The molecule has 0 saturated carbocycles. The van der Waals surface area contributed by atoms with E-state index < -0.39 is 0 Å². The lowest BCUT2D eigenvalue weighted by Gasteiger charge is -2.21. The van der Waals surface area contributed by atoms with E-state index in [1.165, 1.54) is 16.3 Å². The fourth-order valence-electron chi connectivity index (χ4n) is 2.39. The van der Waals surface area contributed by atoms with Gasteiger partial charge in [0.15, 0.2) is 5.11 Å². The molecular weight excluding hydrogens is 288 g/mol. The third-order valence-corrected chi connectivity index (χ3v) is 4.13. The Kier molecular flexibility index (Phi) is 4.35. The Morgan fingerprint density at radius 2 is 1.59 bits per heavy atom. The highest BCUT2D eigenvalue weighted by Crippen LogP contribution is 2.21. The number of benzene rings is 3. The Balaban J connectivity index is 1.71. The van der Waals surface area contributed by atoms with Crippen LogP contribution < -0.4 is 10.2 Å². The van der Waals surface area contributed by atoms with Gasteiger partial charge in [-0.05, 0) is 40.7 Å². The van der Waals surface area contributed by atoms with Crippen LogP contribution in [0.25, 0.3) is 10.8 Å². The summed E-state index contributed by atoms with van der Waals surface area (Å²) in [6.07, 6.45) is 0. The van der Waals surface area contributed by atoms with Gasteiger partial charge in [-0.2, -0.15) is 0 Å². The number of thiocarbonyl (C=S) groups is 1. The second kappa shape index (κ2) is 6.58. The summed E-state index contributed by atoms with van der Waals surface area (Å²) >= 11 is 5.50. The van der Waals surface area contributed by atoms with E-state index in [0.717, 1.165) is 17.3 Å². The first-order valence-corrected chi connectivity index (χ1v) is 7.69. The van der Waals surface area contributed by atoms with E-state index in [1.54, 1.807) is 0 Å². The molecule has 0 radical (unpaired) electrons. The topological polar surface area (TPSA) is 15.3 Å². The Bertz CT molecular complexity index is 784. The number of nitrogens with zero attached hydrogens (tertiary/aromatic N) is 1. The van der Waals surface area contributed by atoms with Crippen LogP contribution in [-0.4, -0.2) is 12.2 Å². The molecule has 3 heteroatoms. The smallest absolute Gasteiger partial charge is 0.173 e. The molecule has 3 rings (SSSR count). The fraction of sp³-hybridized carbons (Fsp3) is 0.105. The van der Waals surface area contributed by atoms with Gasteiger partial charge in [-0.1, -0.05) is 60.7 Å². The normalized spacial score (nSPS) is 10.4. The van der Waals surface area contributed by atoms with Crippen molar-refractivity contribution in [2.75, 3.05) is 11.9 Å². The molecule has 0 amide bonds. The van der Waals surface area contributed by atoms with Crippen LogP contribution in [0.3, 0.4) is 0 Å². The second-order valence-electron chi connectivity index (χ2n) is 5.23. The zero-order valence-electron chi connectivity index (χ0n) is 12.5. The highest BCUT2D eigenvalue weighted by atomic mass is 32.1. The number of hydrogen-bond acceptors (Lipinski definition) is 1. The van der Waals surface area contributed by atoms with Crippen LogP contribution in [0, 0.1) is 0 Å². The summed E-state index contributed by atoms with van der Waals surface area (Å²) in [5, 5.41) is 6.48. The third-order valence-electron chi connectivity index (χ3n) is 3.71. The molecule has 22 heavy (non-hydrogen) atoms. The molecule has 3 aromatic carbocycles. The lowest BCUT2D eigenvalue weighted by atomic mass is 10.1. The zero-order chi connectivity index (χ0) is 15.4. The van der Waals surface area contributed by atoms with Crippen LogP contribution in [0.1, 0.15) is 5.56 Å². The first kappa shape index (κ1) is 14.5. The van der Waals surface area contributed by atoms with Gasteiger partial charge >= 0.3 is 0 Å². The predicted octanol–water partition coefficient (Wildman–Crippen LogP) is 4.35. The van der Waals surface area contributed by atoms with Crippen molar-refractivity contribution in [3.63, 3.8) is 0 Å². The third kappa shape index (κ3) is 3.26. The molecule has 110 valence electrons. The minimum Gasteiger partial charge on any atom is -0.358 e. The highest BCUT2D eigenvalue weighted by molar-refractivity contribution is 7.80. The Morgan fingerprint density at radius 3 is 2.36 bits per heavy atom. The SMILES string of the molecule is CN(C(=S)NCc1ccccc1)c1ccc2ccccc2c1. The van der Waals surface area contributed by atoms with E-state index in [4.69, 9.17) is 12.2 Å². The minimum atomic E-state index is 0.721. The van der Waals surface area contributed by atoms with Gasteiger partial charge in [-0.25, -0.2) is 0 Å². The Morgan fingerprint density at radius 1 is 0.909 bits per heavy atom. The standard InChI is InChI=1S/C19H18N2S/c1-21(19(22)20-14-15-7-3-2-4-8-15)18-12-11-16-9-5-6-10-17(16)13-18/h2-13H,14H2,1H3,(H,20,22). The average Bonchev–Trinajstić information content (AvgIpc) is 2.59. The molecule has 3 aromatic rings. The average molecular weight is 306 g/mol. The molecule has 0 aliphatic carbocycles. The Labute approximate surface area is 136 Å². The van der Waals surface area contributed by atoms with Gasteiger partial charge < -0.3 is 10.2 Å². The van der Waals surface area contributed by atoms with Gasteiger partial charge in [0.05, 0.1) is 0 Å². The quantitative estimate of drug-likeness (QED) is 0.724. The molecule has 0 atom stereocenters. The van der Waals surface area contributed by atoms with Gasteiger partial charge in [-0.15, -0.1) is 0 Å². The van der Waals surface area contributed by atoms with Crippen LogP contribution in [0.5, 0.6) is 0 Å². The van der Waals surface area contributed by atoms with Crippen molar-refractivity contribution >= 4 is 33.8 Å². The van der Waals surface area contributed by atoms with E-state index in [1.807, 2.05) is 30.1 Å². The molecule has 0 saturated heterocycles. The largest absolute Gasteiger partial charge is 0.358 e. The van der Waals surface area contributed by atoms with Crippen molar-refractivity contribution in [1.29, 1.82) is 0 Å². The summed E-state index contributed by atoms with van der Waals surface area (Å²) in [6, 6.07) is 25.0. The number of rotatable bonds is 3. The van der Waals surface area contributed by atoms with E-state index in [-0.39, 0.29) is 0 Å². The molecule has 0 bridgehead atoms. The first-order valence-electron chi connectivity index (χ1n) is 7.28. The van der Waals surface area contributed by atoms with Crippen molar-refractivity contribution in [2.45, 2.75) is 6.54 Å². The monoisotopic (exact) mass is 306 g/mol. The molecule has 0 aromatic heterocycles. The molecular formula is C19H18N2S. The van der Waals surface area contributed by atoms with Crippen molar-refractivity contribution < 1.29 is 0 Å². The number of hydrogen-bond donors (Lipinski definition) is 1.